The monoisotopic (exact) mass is 311 g/mol. The van der Waals surface area contributed by atoms with Crippen LogP contribution in [-0.4, -0.2) is 39.4 Å². The molecular formula is C19H25N3O. The molecule has 0 aliphatic carbocycles. The van der Waals surface area contributed by atoms with Crippen molar-refractivity contribution in [3.63, 3.8) is 0 Å². The summed E-state index contributed by atoms with van der Waals surface area (Å²) in [6, 6.07) is 8.78. The molecule has 1 unspecified atom stereocenters. The first kappa shape index (κ1) is 15.9. The fourth-order valence-corrected chi connectivity index (χ4v) is 3.27. The Hall–Kier alpha value is -1.94. The number of likely N-dealkylation sites (tertiary alicyclic amines) is 1. The van der Waals surface area contributed by atoms with Crippen LogP contribution >= 0.6 is 0 Å². The quantitative estimate of drug-likeness (QED) is 0.822. The Morgan fingerprint density at radius 2 is 2.09 bits per heavy atom. The summed E-state index contributed by atoms with van der Waals surface area (Å²) in [6.45, 7) is 4.33. The van der Waals surface area contributed by atoms with E-state index in [-0.39, 0.29) is 0 Å². The third-order valence-electron chi connectivity index (χ3n) is 4.76. The van der Waals surface area contributed by atoms with Gasteiger partial charge in [0.25, 0.3) is 0 Å². The van der Waals surface area contributed by atoms with Crippen molar-refractivity contribution < 1.29 is 4.79 Å². The van der Waals surface area contributed by atoms with E-state index in [0.29, 0.717) is 24.7 Å². The van der Waals surface area contributed by atoms with Gasteiger partial charge in [0.05, 0.1) is 6.33 Å². The van der Waals surface area contributed by atoms with Gasteiger partial charge in [-0.15, -0.1) is 0 Å². The number of piperidine rings is 1. The van der Waals surface area contributed by atoms with Crippen LogP contribution in [0.1, 0.15) is 38.2 Å². The number of carbonyl (C=O) groups excluding carboxylic acids is 1. The number of benzene rings is 1. The maximum atomic E-state index is 12.2. The van der Waals surface area contributed by atoms with Crippen LogP contribution in [0.25, 0.3) is 5.69 Å². The van der Waals surface area contributed by atoms with E-state index in [9.17, 15) is 4.79 Å². The van der Waals surface area contributed by atoms with Crippen molar-refractivity contribution in [1.82, 2.24) is 14.5 Å². The highest BCUT2D eigenvalue weighted by Gasteiger charge is 2.18. The van der Waals surface area contributed by atoms with E-state index in [1.54, 1.807) is 12.5 Å². The van der Waals surface area contributed by atoms with Crippen LogP contribution in [0.4, 0.5) is 0 Å². The van der Waals surface area contributed by atoms with Gasteiger partial charge in [0, 0.05) is 43.5 Å². The van der Waals surface area contributed by atoms with Gasteiger partial charge in [-0.05, 0) is 44.0 Å². The van der Waals surface area contributed by atoms with E-state index in [2.05, 4.69) is 16.8 Å². The second-order valence-electron chi connectivity index (χ2n) is 6.48. The van der Waals surface area contributed by atoms with Crippen molar-refractivity contribution in [2.24, 2.45) is 0 Å². The molecule has 23 heavy (non-hydrogen) atoms. The first-order chi connectivity index (χ1) is 11.2. The molecule has 1 aliphatic rings. The van der Waals surface area contributed by atoms with Gasteiger partial charge in [0.2, 0.25) is 0 Å². The summed E-state index contributed by atoms with van der Waals surface area (Å²) >= 11 is 0. The van der Waals surface area contributed by atoms with Crippen LogP contribution in [-0.2, 0) is 11.2 Å². The van der Waals surface area contributed by atoms with Crippen molar-refractivity contribution in [2.75, 3.05) is 13.1 Å². The summed E-state index contributed by atoms with van der Waals surface area (Å²) < 4.78 is 1.96. The average molecular weight is 311 g/mol. The van der Waals surface area contributed by atoms with Crippen LogP contribution in [0.3, 0.4) is 0 Å². The summed E-state index contributed by atoms with van der Waals surface area (Å²) in [7, 11) is 0. The Kier molecular flexibility index (Phi) is 5.23. The predicted molar refractivity (Wildman–Crippen MR) is 91.8 cm³/mol. The SMILES string of the molecule is CC1CCCCN1CCC(=O)Cc1ccc(-n2ccnc2)cc1. The second kappa shape index (κ2) is 7.55. The summed E-state index contributed by atoms with van der Waals surface area (Å²) in [4.78, 5) is 18.7. The highest BCUT2D eigenvalue weighted by atomic mass is 16.1. The van der Waals surface area contributed by atoms with Crippen LogP contribution in [0, 0.1) is 0 Å². The summed E-state index contributed by atoms with van der Waals surface area (Å²) in [5.41, 5.74) is 2.16. The molecule has 1 fully saturated rings. The molecule has 4 nitrogen and oxygen atoms in total. The topological polar surface area (TPSA) is 38.1 Å². The van der Waals surface area contributed by atoms with Crippen LogP contribution < -0.4 is 0 Å². The van der Waals surface area contributed by atoms with E-state index in [0.717, 1.165) is 24.3 Å². The zero-order chi connectivity index (χ0) is 16.1. The fraction of sp³-hybridized carbons (Fsp3) is 0.474. The number of hydrogen-bond acceptors (Lipinski definition) is 3. The molecule has 0 amide bonds. The molecule has 122 valence electrons. The minimum absolute atomic E-state index is 0.332. The van der Waals surface area contributed by atoms with E-state index in [1.807, 2.05) is 35.0 Å². The Morgan fingerprint density at radius 1 is 1.26 bits per heavy atom. The molecule has 1 saturated heterocycles. The first-order valence-electron chi connectivity index (χ1n) is 8.55. The van der Waals surface area contributed by atoms with Gasteiger partial charge in [-0.25, -0.2) is 4.98 Å². The Balaban J connectivity index is 1.49. The molecule has 1 aromatic carbocycles. The Morgan fingerprint density at radius 3 is 2.78 bits per heavy atom. The van der Waals surface area contributed by atoms with Crippen LogP contribution in [0.15, 0.2) is 43.0 Å². The zero-order valence-corrected chi connectivity index (χ0v) is 13.8. The minimum Gasteiger partial charge on any atom is -0.306 e. The average Bonchev–Trinajstić information content (AvgIpc) is 3.09. The summed E-state index contributed by atoms with van der Waals surface area (Å²) in [5.74, 6) is 0.332. The highest BCUT2D eigenvalue weighted by molar-refractivity contribution is 5.81. The number of nitrogens with zero attached hydrogens (tertiary/aromatic N) is 3. The molecule has 4 heteroatoms. The molecule has 1 aliphatic heterocycles. The van der Waals surface area contributed by atoms with Crippen molar-refractivity contribution in [2.45, 2.75) is 45.1 Å². The molecule has 0 spiro atoms. The number of ketones is 1. The highest BCUT2D eigenvalue weighted by Crippen LogP contribution is 2.17. The van der Waals surface area contributed by atoms with Gasteiger partial charge in [0.1, 0.15) is 5.78 Å². The molecule has 2 aromatic rings. The third-order valence-corrected chi connectivity index (χ3v) is 4.76. The maximum absolute atomic E-state index is 12.2. The van der Waals surface area contributed by atoms with Crippen LogP contribution in [0.5, 0.6) is 0 Å². The zero-order valence-electron chi connectivity index (χ0n) is 13.8. The number of aromatic nitrogens is 2. The Bertz CT molecular complexity index is 619. The molecule has 0 saturated carbocycles. The summed E-state index contributed by atoms with van der Waals surface area (Å²) in [6.07, 6.45) is 10.5. The van der Waals surface area contributed by atoms with Crippen molar-refractivity contribution in [1.29, 1.82) is 0 Å². The second-order valence-corrected chi connectivity index (χ2v) is 6.48. The van der Waals surface area contributed by atoms with E-state index in [4.69, 9.17) is 0 Å². The molecule has 3 rings (SSSR count). The van der Waals surface area contributed by atoms with Gasteiger partial charge in [-0.3, -0.25) is 4.79 Å². The smallest absolute Gasteiger partial charge is 0.138 e. The number of carbonyl (C=O) groups is 1. The van der Waals surface area contributed by atoms with Gasteiger partial charge in [0.15, 0.2) is 0 Å². The lowest BCUT2D eigenvalue weighted by molar-refractivity contribution is -0.118. The van der Waals surface area contributed by atoms with E-state index in [1.165, 1.54) is 19.3 Å². The lowest BCUT2D eigenvalue weighted by Gasteiger charge is -2.33. The lowest BCUT2D eigenvalue weighted by atomic mass is 10.0. The van der Waals surface area contributed by atoms with E-state index < -0.39 is 0 Å². The summed E-state index contributed by atoms with van der Waals surface area (Å²) in [5, 5.41) is 0. The van der Waals surface area contributed by atoms with Gasteiger partial charge < -0.3 is 9.47 Å². The minimum atomic E-state index is 0.332. The number of Topliss-reactive ketones (excluding diaryl/α,β-unsaturated/α-hetero) is 1. The molecule has 0 radical (unpaired) electrons. The number of hydrogen-bond donors (Lipinski definition) is 0. The Labute approximate surface area is 138 Å². The molecule has 1 atom stereocenters. The largest absolute Gasteiger partial charge is 0.306 e. The molecular weight excluding hydrogens is 286 g/mol. The predicted octanol–water partition coefficient (Wildman–Crippen LogP) is 3.25. The molecule has 2 heterocycles. The van der Waals surface area contributed by atoms with Gasteiger partial charge >= 0.3 is 0 Å². The first-order valence-corrected chi connectivity index (χ1v) is 8.55. The number of rotatable bonds is 6. The van der Waals surface area contributed by atoms with Gasteiger partial charge in [-0.2, -0.15) is 0 Å². The van der Waals surface area contributed by atoms with Gasteiger partial charge in [-0.1, -0.05) is 18.6 Å². The normalized spacial score (nSPS) is 18.9. The maximum Gasteiger partial charge on any atom is 0.138 e. The fourth-order valence-electron chi connectivity index (χ4n) is 3.27. The molecule has 0 N–H and O–H groups in total. The van der Waals surface area contributed by atoms with Crippen molar-refractivity contribution in [3.8, 4) is 5.69 Å². The van der Waals surface area contributed by atoms with E-state index >= 15 is 0 Å². The molecule has 1 aromatic heterocycles. The van der Waals surface area contributed by atoms with Crippen molar-refractivity contribution in [3.05, 3.63) is 48.5 Å². The molecule has 0 bridgehead atoms. The third kappa shape index (κ3) is 4.29. The van der Waals surface area contributed by atoms with Crippen LogP contribution in [0.2, 0.25) is 0 Å². The lowest BCUT2D eigenvalue weighted by Crippen LogP contribution is -2.38. The standard InChI is InChI=1S/C19H25N3O/c1-16-4-2-3-11-21(16)12-9-19(23)14-17-5-7-18(8-6-17)22-13-10-20-15-22/h5-8,10,13,15-16H,2-4,9,11-12,14H2,1H3. The van der Waals surface area contributed by atoms with Crippen molar-refractivity contribution >= 4 is 5.78 Å². The number of imidazole rings is 1.